The van der Waals surface area contributed by atoms with Crippen LogP contribution in [0.4, 0.5) is 0 Å². The number of aryl methyl sites for hydroxylation is 1. The van der Waals surface area contributed by atoms with E-state index in [1.54, 1.807) is 0 Å². The van der Waals surface area contributed by atoms with Crippen molar-refractivity contribution in [3.8, 4) is 0 Å². The minimum Gasteiger partial charge on any atom is -0.299 e. The van der Waals surface area contributed by atoms with Crippen LogP contribution in [0, 0.1) is 5.41 Å². The van der Waals surface area contributed by atoms with Gasteiger partial charge in [0.2, 0.25) is 0 Å². The predicted molar refractivity (Wildman–Crippen MR) is 79.1 cm³/mol. The predicted octanol–water partition coefficient (Wildman–Crippen LogP) is 4.17. The summed E-state index contributed by atoms with van der Waals surface area (Å²) in [5.41, 5.74) is 2.09. The van der Waals surface area contributed by atoms with Gasteiger partial charge in [-0.3, -0.25) is 9.78 Å². The van der Waals surface area contributed by atoms with E-state index in [4.69, 9.17) is 0 Å². The second-order valence-electron chi connectivity index (χ2n) is 6.01. The molecule has 0 N–H and O–H groups in total. The van der Waals surface area contributed by atoms with E-state index in [-0.39, 0.29) is 5.41 Å². The number of carbonyl (C=O) groups is 1. The van der Waals surface area contributed by atoms with Crippen molar-refractivity contribution in [2.24, 2.45) is 5.41 Å². The number of fused-ring (bicyclic) bond motifs is 1. The number of nitrogens with zero attached hydrogens (tertiary/aromatic N) is 1. The Kier molecular flexibility index (Phi) is 3.98. The van der Waals surface area contributed by atoms with Crippen LogP contribution in [0.25, 0.3) is 10.9 Å². The molecule has 0 atom stereocenters. The van der Waals surface area contributed by atoms with Gasteiger partial charge in [-0.15, -0.1) is 0 Å². The zero-order chi connectivity index (χ0) is 13.9. The van der Waals surface area contributed by atoms with Crippen LogP contribution < -0.4 is 0 Å². The van der Waals surface area contributed by atoms with Crippen molar-refractivity contribution < 1.29 is 4.79 Å². The highest BCUT2D eigenvalue weighted by Crippen LogP contribution is 2.21. The lowest BCUT2D eigenvalue weighted by Crippen LogP contribution is -2.19. The topological polar surface area (TPSA) is 30.0 Å². The van der Waals surface area contributed by atoms with Crippen LogP contribution in [0.2, 0.25) is 0 Å². The van der Waals surface area contributed by atoms with E-state index in [0.717, 1.165) is 18.4 Å². The molecule has 2 aromatic rings. The van der Waals surface area contributed by atoms with Gasteiger partial charge in [0, 0.05) is 23.4 Å². The Balaban J connectivity index is 2.05. The van der Waals surface area contributed by atoms with E-state index in [2.05, 4.69) is 17.1 Å². The smallest absolute Gasteiger partial charge is 0.138 e. The zero-order valence-corrected chi connectivity index (χ0v) is 11.9. The van der Waals surface area contributed by atoms with Crippen molar-refractivity contribution in [3.05, 3.63) is 42.1 Å². The Morgan fingerprint density at radius 1 is 1.16 bits per heavy atom. The summed E-state index contributed by atoms with van der Waals surface area (Å²) in [7, 11) is 0. The number of rotatable bonds is 4. The number of pyridine rings is 1. The molecule has 2 rings (SSSR count). The molecule has 2 nitrogen and oxygen atoms in total. The summed E-state index contributed by atoms with van der Waals surface area (Å²) < 4.78 is 0. The molecule has 0 fully saturated rings. The lowest BCUT2D eigenvalue weighted by atomic mass is 9.87. The van der Waals surface area contributed by atoms with Gasteiger partial charge in [-0.1, -0.05) is 39.0 Å². The number of hydrogen-bond acceptors (Lipinski definition) is 2. The zero-order valence-electron chi connectivity index (χ0n) is 11.9. The SMILES string of the molecule is CC(C)(C)C(=O)CCCc1ccnc2ccccc12. The molecule has 2 heteroatoms. The van der Waals surface area contributed by atoms with Gasteiger partial charge in [-0.25, -0.2) is 0 Å². The lowest BCUT2D eigenvalue weighted by molar-refractivity contribution is -0.126. The van der Waals surface area contributed by atoms with Crippen LogP contribution in [0.15, 0.2) is 36.5 Å². The monoisotopic (exact) mass is 255 g/mol. The van der Waals surface area contributed by atoms with E-state index in [9.17, 15) is 4.79 Å². The first-order valence-corrected chi connectivity index (χ1v) is 6.84. The van der Waals surface area contributed by atoms with Crippen molar-refractivity contribution in [2.45, 2.75) is 40.0 Å². The highest BCUT2D eigenvalue weighted by atomic mass is 16.1. The molecule has 0 radical (unpaired) electrons. The fraction of sp³-hybridized carbons (Fsp3) is 0.412. The largest absolute Gasteiger partial charge is 0.299 e. The summed E-state index contributed by atoms with van der Waals surface area (Å²) in [6.45, 7) is 5.95. The fourth-order valence-electron chi connectivity index (χ4n) is 2.19. The third-order valence-electron chi connectivity index (χ3n) is 3.43. The highest BCUT2D eigenvalue weighted by molar-refractivity contribution is 5.84. The summed E-state index contributed by atoms with van der Waals surface area (Å²) in [6.07, 6.45) is 4.35. The average molecular weight is 255 g/mol. The van der Waals surface area contributed by atoms with Crippen LogP contribution in [0.3, 0.4) is 0 Å². The van der Waals surface area contributed by atoms with Crippen LogP contribution in [0.5, 0.6) is 0 Å². The van der Waals surface area contributed by atoms with Gasteiger partial charge >= 0.3 is 0 Å². The van der Waals surface area contributed by atoms with Gasteiger partial charge in [-0.05, 0) is 30.5 Å². The molecule has 0 aliphatic rings. The minimum atomic E-state index is -0.222. The summed E-state index contributed by atoms with van der Waals surface area (Å²) in [4.78, 5) is 16.3. The van der Waals surface area contributed by atoms with Gasteiger partial charge in [0.25, 0.3) is 0 Å². The van der Waals surface area contributed by atoms with E-state index < -0.39 is 0 Å². The van der Waals surface area contributed by atoms with Gasteiger partial charge in [0.15, 0.2) is 0 Å². The Morgan fingerprint density at radius 3 is 2.63 bits per heavy atom. The second-order valence-corrected chi connectivity index (χ2v) is 6.01. The normalized spacial score (nSPS) is 11.7. The molecule has 19 heavy (non-hydrogen) atoms. The van der Waals surface area contributed by atoms with E-state index in [1.807, 2.05) is 45.2 Å². The Bertz CT molecular complexity index is 576. The molecule has 0 amide bonds. The minimum absolute atomic E-state index is 0.222. The maximum atomic E-state index is 11.9. The van der Waals surface area contributed by atoms with Crippen LogP contribution in [-0.4, -0.2) is 10.8 Å². The summed E-state index contributed by atoms with van der Waals surface area (Å²) in [5.74, 6) is 0.339. The van der Waals surface area contributed by atoms with Crippen molar-refractivity contribution in [3.63, 3.8) is 0 Å². The Labute approximate surface area is 114 Å². The van der Waals surface area contributed by atoms with Crippen LogP contribution in [0.1, 0.15) is 39.2 Å². The molecule has 0 saturated heterocycles. The van der Waals surface area contributed by atoms with Gasteiger partial charge in [0.05, 0.1) is 5.52 Å². The summed E-state index contributed by atoms with van der Waals surface area (Å²) >= 11 is 0. The molecule has 1 aromatic heterocycles. The molecule has 0 bridgehead atoms. The molecule has 1 heterocycles. The first-order valence-electron chi connectivity index (χ1n) is 6.84. The quantitative estimate of drug-likeness (QED) is 0.820. The number of Topliss-reactive ketones (excluding diaryl/α,β-unsaturated/α-hetero) is 1. The number of para-hydroxylation sites is 1. The molecule has 0 aliphatic carbocycles. The van der Waals surface area contributed by atoms with Gasteiger partial charge < -0.3 is 0 Å². The molecule has 100 valence electrons. The average Bonchev–Trinajstić information content (AvgIpc) is 2.38. The molecular formula is C17H21NO. The molecule has 0 unspecified atom stereocenters. The number of carbonyl (C=O) groups excluding carboxylic acids is 1. The first kappa shape index (κ1) is 13.7. The van der Waals surface area contributed by atoms with Crippen LogP contribution >= 0.6 is 0 Å². The number of ketones is 1. The molecule has 0 aliphatic heterocycles. The van der Waals surface area contributed by atoms with E-state index >= 15 is 0 Å². The van der Waals surface area contributed by atoms with Crippen molar-refractivity contribution in [1.82, 2.24) is 4.98 Å². The maximum absolute atomic E-state index is 11.9. The van der Waals surface area contributed by atoms with E-state index in [0.29, 0.717) is 12.2 Å². The second kappa shape index (κ2) is 5.52. The fourth-order valence-corrected chi connectivity index (χ4v) is 2.19. The molecule has 0 saturated carbocycles. The molecule has 0 spiro atoms. The van der Waals surface area contributed by atoms with Gasteiger partial charge in [-0.2, -0.15) is 0 Å². The van der Waals surface area contributed by atoms with Gasteiger partial charge in [0.1, 0.15) is 5.78 Å². The summed E-state index contributed by atoms with van der Waals surface area (Å²) in [6, 6.07) is 10.2. The number of hydrogen-bond donors (Lipinski definition) is 0. The standard InChI is InChI=1S/C17H21NO/c1-17(2,3)16(19)10-6-7-13-11-12-18-15-9-5-4-8-14(13)15/h4-5,8-9,11-12H,6-7,10H2,1-3H3. The maximum Gasteiger partial charge on any atom is 0.138 e. The van der Waals surface area contributed by atoms with Crippen molar-refractivity contribution in [1.29, 1.82) is 0 Å². The molecule has 1 aromatic carbocycles. The first-order chi connectivity index (χ1) is 8.98. The number of benzene rings is 1. The highest BCUT2D eigenvalue weighted by Gasteiger charge is 2.20. The summed E-state index contributed by atoms with van der Waals surface area (Å²) in [5, 5.41) is 1.20. The van der Waals surface area contributed by atoms with Crippen molar-refractivity contribution in [2.75, 3.05) is 0 Å². The Hall–Kier alpha value is -1.70. The van der Waals surface area contributed by atoms with Crippen LogP contribution in [-0.2, 0) is 11.2 Å². The number of aromatic nitrogens is 1. The molecular weight excluding hydrogens is 234 g/mol. The third-order valence-corrected chi connectivity index (χ3v) is 3.43. The van der Waals surface area contributed by atoms with Crippen molar-refractivity contribution >= 4 is 16.7 Å². The third kappa shape index (κ3) is 3.40. The lowest BCUT2D eigenvalue weighted by Gasteiger charge is -2.16. The Morgan fingerprint density at radius 2 is 1.89 bits per heavy atom. The van der Waals surface area contributed by atoms with E-state index in [1.165, 1.54) is 10.9 Å².